The molecule has 0 N–H and O–H groups in total. The predicted octanol–water partition coefficient (Wildman–Crippen LogP) is 10.2. The third kappa shape index (κ3) is 2.59. The number of hydrogen-bond donors (Lipinski definition) is 0. The predicted molar refractivity (Wildman–Crippen MR) is 158 cm³/mol. The molecular weight excluding hydrogens is 470 g/mol. The molecule has 0 saturated carbocycles. The topological polar surface area (TPSA) is 18.1 Å². The van der Waals surface area contributed by atoms with Gasteiger partial charge in [0.05, 0.1) is 11.0 Å². The molecule has 9 rings (SSSR count). The first-order valence-electron chi connectivity index (χ1n) is 12.5. The molecule has 9 aromatic rings. The van der Waals surface area contributed by atoms with Gasteiger partial charge in [0.1, 0.15) is 11.2 Å². The van der Waals surface area contributed by atoms with Crippen LogP contribution in [-0.2, 0) is 0 Å². The van der Waals surface area contributed by atoms with E-state index < -0.39 is 0 Å². The minimum Gasteiger partial charge on any atom is -0.456 e. The molecular formula is C34H19NOS. The summed E-state index contributed by atoms with van der Waals surface area (Å²) in [6.45, 7) is 0. The number of fused-ring (bicyclic) bond motifs is 11. The molecule has 0 atom stereocenters. The number of para-hydroxylation sites is 2. The van der Waals surface area contributed by atoms with E-state index in [1.54, 1.807) is 0 Å². The van der Waals surface area contributed by atoms with Crippen LogP contribution in [0.3, 0.4) is 0 Å². The SMILES string of the molecule is c1ccc2c(c1)oc1cc3ccc4c5ccccc5n(-c5ccc6c(c5)sc5ccccc56)c4c3cc12. The molecule has 0 unspecified atom stereocenters. The highest BCUT2D eigenvalue weighted by Gasteiger charge is 2.17. The largest absolute Gasteiger partial charge is 0.456 e. The Labute approximate surface area is 215 Å². The fourth-order valence-electron chi connectivity index (χ4n) is 6.12. The molecule has 3 heteroatoms. The quantitative estimate of drug-likeness (QED) is 0.224. The normalized spacial score (nSPS) is 12.3. The Morgan fingerprint density at radius 2 is 1.24 bits per heavy atom. The van der Waals surface area contributed by atoms with Gasteiger partial charge in [-0.15, -0.1) is 11.3 Å². The van der Waals surface area contributed by atoms with Gasteiger partial charge in [0.15, 0.2) is 0 Å². The summed E-state index contributed by atoms with van der Waals surface area (Å²) in [6.07, 6.45) is 0. The number of hydrogen-bond acceptors (Lipinski definition) is 2. The molecule has 0 saturated heterocycles. The van der Waals surface area contributed by atoms with Crippen LogP contribution in [0.1, 0.15) is 0 Å². The Bertz CT molecular complexity index is 2370. The number of furan rings is 1. The zero-order chi connectivity index (χ0) is 24.1. The first-order chi connectivity index (χ1) is 18.3. The van der Waals surface area contributed by atoms with E-state index in [-0.39, 0.29) is 0 Å². The van der Waals surface area contributed by atoms with Gasteiger partial charge in [-0.2, -0.15) is 0 Å². The molecule has 0 aliphatic rings. The van der Waals surface area contributed by atoms with Crippen molar-refractivity contribution in [3.8, 4) is 5.69 Å². The van der Waals surface area contributed by atoms with Gasteiger partial charge in [0.2, 0.25) is 0 Å². The fraction of sp³-hybridized carbons (Fsp3) is 0. The molecule has 0 fully saturated rings. The van der Waals surface area contributed by atoms with Crippen LogP contribution < -0.4 is 0 Å². The third-order valence-corrected chi connectivity index (χ3v) is 8.90. The van der Waals surface area contributed by atoms with Crippen molar-refractivity contribution in [2.45, 2.75) is 0 Å². The van der Waals surface area contributed by atoms with Crippen LogP contribution in [0.4, 0.5) is 0 Å². The molecule has 37 heavy (non-hydrogen) atoms. The summed E-state index contributed by atoms with van der Waals surface area (Å²) in [4.78, 5) is 0. The minimum absolute atomic E-state index is 0.930. The van der Waals surface area contributed by atoms with Crippen molar-refractivity contribution < 1.29 is 4.42 Å². The zero-order valence-corrected chi connectivity index (χ0v) is 20.5. The van der Waals surface area contributed by atoms with Gasteiger partial charge in [0.25, 0.3) is 0 Å². The maximum Gasteiger partial charge on any atom is 0.136 e. The molecule has 6 aromatic carbocycles. The lowest BCUT2D eigenvalue weighted by atomic mass is 10.0. The Balaban J connectivity index is 1.45. The second-order valence-corrected chi connectivity index (χ2v) is 10.8. The second-order valence-electron chi connectivity index (χ2n) is 9.76. The first kappa shape index (κ1) is 19.6. The average Bonchev–Trinajstić information content (AvgIpc) is 3.60. The highest BCUT2D eigenvalue weighted by molar-refractivity contribution is 7.25. The van der Waals surface area contributed by atoms with E-state index in [4.69, 9.17) is 4.42 Å². The number of thiophene rings is 1. The molecule has 0 aliphatic carbocycles. The molecule has 172 valence electrons. The average molecular weight is 490 g/mol. The summed E-state index contributed by atoms with van der Waals surface area (Å²) < 4.78 is 11.3. The van der Waals surface area contributed by atoms with Crippen molar-refractivity contribution in [3.05, 3.63) is 115 Å². The van der Waals surface area contributed by atoms with Crippen LogP contribution in [0, 0.1) is 0 Å². The lowest BCUT2D eigenvalue weighted by Gasteiger charge is -2.10. The van der Waals surface area contributed by atoms with E-state index in [9.17, 15) is 0 Å². The highest BCUT2D eigenvalue weighted by atomic mass is 32.1. The zero-order valence-electron chi connectivity index (χ0n) is 19.7. The van der Waals surface area contributed by atoms with Gasteiger partial charge < -0.3 is 8.98 Å². The molecule has 2 nitrogen and oxygen atoms in total. The standard InChI is InChI=1S/C34H19NOS/c1-4-10-29-22(7-1)26-15-13-20-17-31-28(23-8-2-5-11-30(23)36-31)19-27(20)34(26)35(29)21-14-16-25-24-9-3-6-12-32(24)37-33(25)18-21/h1-19H. The number of aromatic nitrogens is 1. The monoisotopic (exact) mass is 489 g/mol. The molecule has 3 heterocycles. The highest BCUT2D eigenvalue weighted by Crippen LogP contribution is 2.41. The second kappa shape index (κ2) is 7.00. The van der Waals surface area contributed by atoms with Crippen LogP contribution in [0.15, 0.2) is 120 Å². The smallest absolute Gasteiger partial charge is 0.136 e. The summed E-state index contributed by atoms with van der Waals surface area (Å²) in [5.74, 6) is 0. The van der Waals surface area contributed by atoms with Crippen LogP contribution in [0.5, 0.6) is 0 Å². The minimum atomic E-state index is 0.930. The molecule has 0 bridgehead atoms. The van der Waals surface area contributed by atoms with Gasteiger partial charge in [-0.1, -0.05) is 72.8 Å². The van der Waals surface area contributed by atoms with Crippen molar-refractivity contribution in [1.29, 1.82) is 0 Å². The summed E-state index contributed by atoms with van der Waals surface area (Å²) in [5, 5.41) is 9.94. The maximum absolute atomic E-state index is 6.22. The van der Waals surface area contributed by atoms with Crippen molar-refractivity contribution in [2.75, 3.05) is 0 Å². The molecule has 0 radical (unpaired) electrons. The Morgan fingerprint density at radius 1 is 0.486 bits per heavy atom. The van der Waals surface area contributed by atoms with Crippen LogP contribution in [0.2, 0.25) is 0 Å². The van der Waals surface area contributed by atoms with Gasteiger partial charge >= 0.3 is 0 Å². The van der Waals surface area contributed by atoms with Crippen LogP contribution in [0.25, 0.3) is 80.4 Å². The molecule has 0 aliphatic heterocycles. The van der Waals surface area contributed by atoms with E-state index in [0.717, 1.165) is 21.9 Å². The lowest BCUT2D eigenvalue weighted by Crippen LogP contribution is -1.94. The van der Waals surface area contributed by atoms with E-state index >= 15 is 0 Å². The number of benzene rings is 6. The summed E-state index contributed by atoms with van der Waals surface area (Å²) in [7, 11) is 0. The number of nitrogens with zero attached hydrogens (tertiary/aromatic N) is 1. The van der Waals surface area contributed by atoms with Gasteiger partial charge in [-0.3, -0.25) is 0 Å². The van der Waals surface area contributed by atoms with Crippen molar-refractivity contribution in [2.24, 2.45) is 0 Å². The van der Waals surface area contributed by atoms with Crippen molar-refractivity contribution in [3.63, 3.8) is 0 Å². The first-order valence-corrected chi connectivity index (χ1v) is 13.3. The Kier molecular flexibility index (Phi) is 3.70. The number of rotatable bonds is 1. The molecule has 0 amide bonds. The summed E-state index contributed by atoms with van der Waals surface area (Å²) in [5.41, 5.74) is 5.52. The van der Waals surface area contributed by atoms with E-state index in [0.29, 0.717) is 0 Å². The Morgan fingerprint density at radius 3 is 2.19 bits per heavy atom. The molecule has 3 aromatic heterocycles. The summed E-state index contributed by atoms with van der Waals surface area (Å²) in [6, 6.07) is 41.7. The fourth-order valence-corrected chi connectivity index (χ4v) is 7.26. The Hall–Kier alpha value is -4.60. The van der Waals surface area contributed by atoms with Crippen LogP contribution in [-0.4, -0.2) is 4.57 Å². The third-order valence-electron chi connectivity index (χ3n) is 7.77. The molecule has 0 spiro atoms. The van der Waals surface area contributed by atoms with Crippen molar-refractivity contribution >= 4 is 86.0 Å². The van der Waals surface area contributed by atoms with E-state index in [2.05, 4.69) is 108 Å². The van der Waals surface area contributed by atoms with E-state index in [1.165, 1.54) is 58.4 Å². The van der Waals surface area contributed by atoms with E-state index in [1.807, 2.05) is 23.5 Å². The van der Waals surface area contributed by atoms with Crippen molar-refractivity contribution in [1.82, 2.24) is 4.57 Å². The summed E-state index contributed by atoms with van der Waals surface area (Å²) >= 11 is 1.87. The maximum atomic E-state index is 6.22. The van der Waals surface area contributed by atoms with Gasteiger partial charge in [-0.25, -0.2) is 0 Å². The van der Waals surface area contributed by atoms with Gasteiger partial charge in [-0.05, 0) is 47.9 Å². The lowest BCUT2D eigenvalue weighted by molar-refractivity contribution is 0.669. The van der Waals surface area contributed by atoms with Crippen LogP contribution >= 0.6 is 11.3 Å². The van der Waals surface area contributed by atoms with Gasteiger partial charge in [0, 0.05) is 52.8 Å².